The van der Waals surface area contributed by atoms with E-state index in [0.717, 1.165) is 0 Å². The number of rotatable bonds is 6. The molecule has 122 valence electrons. The van der Waals surface area contributed by atoms with Crippen molar-refractivity contribution in [3.8, 4) is 0 Å². The summed E-state index contributed by atoms with van der Waals surface area (Å²) in [5.74, 6) is -1.19. The number of amides is 1. The number of ether oxygens (including phenoxy) is 2. The number of carboxylic acids is 1. The fraction of sp³-hybridized carbons (Fsp3) is 0.786. The first kappa shape index (κ1) is 19.4. The molecule has 1 amide bonds. The van der Waals surface area contributed by atoms with Crippen LogP contribution in [0.3, 0.4) is 0 Å². The second kappa shape index (κ2) is 7.40. The van der Waals surface area contributed by atoms with E-state index < -0.39 is 35.4 Å². The van der Waals surface area contributed by atoms with Crippen LogP contribution < -0.4 is 5.32 Å². The van der Waals surface area contributed by atoms with Gasteiger partial charge in [0.25, 0.3) is 0 Å². The number of aliphatic carboxylic acids is 1. The molecule has 7 heteroatoms. The Morgan fingerprint density at radius 2 is 1.67 bits per heavy atom. The normalized spacial score (nSPS) is 15.0. The highest BCUT2D eigenvalue weighted by molar-refractivity contribution is 5.76. The summed E-state index contributed by atoms with van der Waals surface area (Å²) in [7, 11) is 0. The number of aldehydes is 1. The highest BCUT2D eigenvalue weighted by atomic mass is 16.6. The largest absolute Gasteiger partial charge is 0.479 e. The van der Waals surface area contributed by atoms with Crippen LogP contribution in [0, 0.1) is 0 Å². The van der Waals surface area contributed by atoms with Crippen molar-refractivity contribution in [3.63, 3.8) is 0 Å². The smallest absolute Gasteiger partial charge is 0.408 e. The Labute approximate surface area is 125 Å². The Morgan fingerprint density at radius 1 is 1.14 bits per heavy atom. The molecule has 0 aliphatic rings. The van der Waals surface area contributed by atoms with Crippen molar-refractivity contribution in [1.82, 2.24) is 5.32 Å². The van der Waals surface area contributed by atoms with Crippen molar-refractivity contribution in [2.75, 3.05) is 0 Å². The quantitative estimate of drug-likeness (QED) is 0.725. The third-order valence-electron chi connectivity index (χ3n) is 2.11. The number of carbonyl (C=O) groups is 3. The Hall–Kier alpha value is -1.63. The summed E-state index contributed by atoms with van der Waals surface area (Å²) >= 11 is 0. The molecule has 0 aliphatic heterocycles. The van der Waals surface area contributed by atoms with Crippen molar-refractivity contribution < 1.29 is 29.0 Å². The molecule has 0 saturated heterocycles. The van der Waals surface area contributed by atoms with Gasteiger partial charge in [0.1, 0.15) is 11.9 Å². The van der Waals surface area contributed by atoms with Crippen LogP contribution in [0.4, 0.5) is 4.79 Å². The zero-order valence-corrected chi connectivity index (χ0v) is 13.4. The van der Waals surface area contributed by atoms with Gasteiger partial charge in [-0.05, 0) is 41.5 Å². The van der Waals surface area contributed by atoms with E-state index in [0.29, 0.717) is 6.29 Å². The standard InChI is InChI=1S/C14H25NO6/c1-13(2,3)20-10(11(17)18)7-9(8-16)15-12(19)21-14(4,5)6/h8-10H,7H2,1-6H3,(H,15,19)(H,17,18). The number of hydrogen-bond acceptors (Lipinski definition) is 5. The first-order valence-corrected chi connectivity index (χ1v) is 6.69. The van der Waals surface area contributed by atoms with E-state index in [2.05, 4.69) is 5.32 Å². The lowest BCUT2D eigenvalue weighted by molar-refractivity contribution is -0.161. The van der Waals surface area contributed by atoms with Crippen LogP contribution in [-0.4, -0.2) is 46.8 Å². The highest BCUT2D eigenvalue weighted by Crippen LogP contribution is 2.15. The molecule has 0 aliphatic carbocycles. The van der Waals surface area contributed by atoms with Gasteiger partial charge in [-0.1, -0.05) is 0 Å². The molecular weight excluding hydrogens is 278 g/mol. The lowest BCUT2D eigenvalue weighted by Gasteiger charge is -2.27. The van der Waals surface area contributed by atoms with Crippen molar-refractivity contribution in [2.45, 2.75) is 71.3 Å². The zero-order valence-electron chi connectivity index (χ0n) is 13.4. The first-order chi connectivity index (χ1) is 9.34. The molecule has 0 heterocycles. The van der Waals surface area contributed by atoms with Crippen molar-refractivity contribution in [2.24, 2.45) is 0 Å². The number of nitrogens with one attached hydrogen (secondary N) is 1. The fourth-order valence-corrected chi connectivity index (χ4v) is 1.46. The van der Waals surface area contributed by atoms with Crippen LogP contribution in [0.5, 0.6) is 0 Å². The van der Waals surface area contributed by atoms with Crippen molar-refractivity contribution in [1.29, 1.82) is 0 Å². The molecule has 7 nitrogen and oxygen atoms in total. The predicted molar refractivity (Wildman–Crippen MR) is 76.1 cm³/mol. The maximum absolute atomic E-state index is 11.6. The van der Waals surface area contributed by atoms with E-state index in [1.54, 1.807) is 41.5 Å². The number of carboxylic acid groups (broad SMARTS) is 1. The summed E-state index contributed by atoms with van der Waals surface area (Å²) < 4.78 is 10.4. The summed E-state index contributed by atoms with van der Waals surface area (Å²) in [4.78, 5) is 33.8. The van der Waals surface area contributed by atoms with Crippen LogP contribution in [0.2, 0.25) is 0 Å². The molecule has 0 radical (unpaired) electrons. The molecule has 0 spiro atoms. The Kier molecular flexibility index (Phi) is 6.82. The summed E-state index contributed by atoms with van der Waals surface area (Å²) in [6, 6.07) is -0.997. The molecular formula is C14H25NO6. The van der Waals surface area contributed by atoms with E-state index in [1.807, 2.05) is 0 Å². The predicted octanol–water partition coefficient (Wildman–Crippen LogP) is 1.74. The van der Waals surface area contributed by atoms with Gasteiger partial charge in [0.15, 0.2) is 6.10 Å². The average molecular weight is 303 g/mol. The topological polar surface area (TPSA) is 102 Å². The van der Waals surface area contributed by atoms with Gasteiger partial charge in [-0.3, -0.25) is 0 Å². The van der Waals surface area contributed by atoms with Gasteiger partial charge in [-0.2, -0.15) is 0 Å². The molecule has 0 aromatic carbocycles. The average Bonchev–Trinajstić information content (AvgIpc) is 2.22. The Morgan fingerprint density at radius 3 is 2.00 bits per heavy atom. The molecule has 2 N–H and O–H groups in total. The van der Waals surface area contributed by atoms with E-state index in [4.69, 9.17) is 14.6 Å². The van der Waals surface area contributed by atoms with Gasteiger partial charge < -0.3 is 24.7 Å². The van der Waals surface area contributed by atoms with E-state index >= 15 is 0 Å². The van der Waals surface area contributed by atoms with Gasteiger partial charge in [-0.15, -0.1) is 0 Å². The third kappa shape index (κ3) is 9.84. The van der Waals surface area contributed by atoms with Gasteiger partial charge in [0, 0.05) is 6.42 Å². The zero-order chi connectivity index (χ0) is 16.8. The molecule has 2 unspecified atom stereocenters. The van der Waals surface area contributed by atoms with Crippen LogP contribution in [0.1, 0.15) is 48.0 Å². The second-order valence-electron chi connectivity index (χ2n) is 6.68. The summed E-state index contributed by atoms with van der Waals surface area (Å²) in [6.45, 7) is 10.2. The van der Waals surface area contributed by atoms with Crippen LogP contribution in [-0.2, 0) is 19.1 Å². The molecule has 2 atom stereocenters. The Bertz CT molecular complexity index is 380. The van der Waals surface area contributed by atoms with E-state index in [9.17, 15) is 14.4 Å². The monoisotopic (exact) mass is 303 g/mol. The molecule has 21 heavy (non-hydrogen) atoms. The third-order valence-corrected chi connectivity index (χ3v) is 2.11. The molecule has 0 saturated carbocycles. The maximum Gasteiger partial charge on any atom is 0.408 e. The summed E-state index contributed by atoms with van der Waals surface area (Å²) in [5, 5.41) is 11.4. The SMILES string of the molecule is CC(C)(C)OC(=O)NC(C=O)CC(OC(C)(C)C)C(=O)O. The van der Waals surface area contributed by atoms with Crippen molar-refractivity contribution >= 4 is 18.3 Å². The Balaban J connectivity index is 4.68. The lowest BCUT2D eigenvalue weighted by atomic mass is 10.1. The maximum atomic E-state index is 11.6. The van der Waals surface area contributed by atoms with Gasteiger partial charge in [-0.25, -0.2) is 9.59 Å². The second-order valence-corrected chi connectivity index (χ2v) is 6.68. The molecule has 0 aromatic heterocycles. The van der Waals surface area contributed by atoms with E-state index in [-0.39, 0.29) is 6.42 Å². The lowest BCUT2D eigenvalue weighted by Crippen LogP contribution is -2.44. The molecule has 0 aromatic rings. The van der Waals surface area contributed by atoms with Crippen LogP contribution >= 0.6 is 0 Å². The minimum atomic E-state index is -1.20. The van der Waals surface area contributed by atoms with E-state index in [1.165, 1.54) is 0 Å². The van der Waals surface area contributed by atoms with Crippen molar-refractivity contribution in [3.05, 3.63) is 0 Å². The minimum Gasteiger partial charge on any atom is -0.479 e. The summed E-state index contributed by atoms with van der Waals surface area (Å²) in [5.41, 5.74) is -1.38. The van der Waals surface area contributed by atoms with Gasteiger partial charge >= 0.3 is 12.1 Å². The summed E-state index contributed by atoms with van der Waals surface area (Å²) in [6.07, 6.45) is -1.68. The number of alkyl carbamates (subject to hydrolysis) is 1. The van der Waals surface area contributed by atoms with Crippen LogP contribution in [0.15, 0.2) is 0 Å². The first-order valence-electron chi connectivity index (χ1n) is 6.69. The number of hydrogen-bond donors (Lipinski definition) is 2. The van der Waals surface area contributed by atoms with Crippen LogP contribution in [0.25, 0.3) is 0 Å². The van der Waals surface area contributed by atoms with Gasteiger partial charge in [0.2, 0.25) is 0 Å². The molecule has 0 fully saturated rings. The number of carbonyl (C=O) groups excluding carboxylic acids is 2. The highest BCUT2D eigenvalue weighted by Gasteiger charge is 2.29. The molecule has 0 rings (SSSR count). The van der Waals surface area contributed by atoms with Gasteiger partial charge in [0.05, 0.1) is 11.6 Å². The molecule has 0 bridgehead atoms. The minimum absolute atomic E-state index is 0.171. The fourth-order valence-electron chi connectivity index (χ4n) is 1.46.